The number of benzene rings is 1. The smallest absolute Gasteiger partial charge is 0.310 e. The molecule has 3 aliphatic rings. The number of fused-ring (bicyclic) bond motifs is 1. The molecule has 1 aliphatic heterocycles. The van der Waals surface area contributed by atoms with Gasteiger partial charge in [-0.1, -0.05) is 48.0 Å². The van der Waals surface area contributed by atoms with Crippen LogP contribution in [-0.2, 0) is 27.2 Å². The number of para-hydroxylation sites is 1. The first-order valence-electron chi connectivity index (χ1n) is 8.83. The monoisotopic (exact) mass is 391 g/mol. The quantitative estimate of drug-likeness (QED) is 0.632. The first kappa shape index (κ1) is 16.1. The normalized spacial score (nSPS) is 36.0. The Morgan fingerprint density at radius 1 is 1.25 bits per heavy atom. The van der Waals surface area contributed by atoms with Gasteiger partial charge >= 0.3 is 5.97 Å². The van der Waals surface area contributed by atoms with Gasteiger partial charge in [-0.25, -0.2) is 0 Å². The molecule has 1 amide bonds. The molecule has 0 unspecified atom stereocenters. The summed E-state index contributed by atoms with van der Waals surface area (Å²) in [6.07, 6.45) is 2.61. The second-order valence-electron chi connectivity index (χ2n) is 7.11. The van der Waals surface area contributed by atoms with Crippen molar-refractivity contribution in [2.24, 2.45) is 23.7 Å². The van der Waals surface area contributed by atoms with Gasteiger partial charge in [0.1, 0.15) is 6.10 Å². The van der Waals surface area contributed by atoms with E-state index in [0.717, 1.165) is 36.1 Å². The van der Waals surface area contributed by atoms with E-state index in [4.69, 9.17) is 4.74 Å². The van der Waals surface area contributed by atoms with Crippen molar-refractivity contribution < 1.29 is 14.3 Å². The maximum absolute atomic E-state index is 13.1. The number of aryl methyl sites for hydroxylation is 2. The second kappa shape index (κ2) is 5.87. The van der Waals surface area contributed by atoms with E-state index in [-0.39, 0.29) is 46.5 Å². The number of amides is 1. The summed E-state index contributed by atoms with van der Waals surface area (Å²) in [6.45, 7) is 4.19. The van der Waals surface area contributed by atoms with Crippen molar-refractivity contribution in [2.75, 3.05) is 5.32 Å². The number of hydrogen-bond donors (Lipinski definition) is 1. The topological polar surface area (TPSA) is 55.4 Å². The van der Waals surface area contributed by atoms with Crippen molar-refractivity contribution in [1.29, 1.82) is 0 Å². The molecule has 24 heavy (non-hydrogen) atoms. The van der Waals surface area contributed by atoms with Crippen LogP contribution >= 0.6 is 15.9 Å². The summed E-state index contributed by atoms with van der Waals surface area (Å²) in [6, 6.07) is 6.16. The van der Waals surface area contributed by atoms with Crippen LogP contribution in [0.25, 0.3) is 0 Å². The fourth-order valence-corrected chi connectivity index (χ4v) is 5.98. The largest absolute Gasteiger partial charge is 0.461 e. The summed E-state index contributed by atoms with van der Waals surface area (Å²) in [5, 5.41) is 3.16. The molecular formula is C19H22BrNO3. The van der Waals surface area contributed by atoms with Crippen molar-refractivity contribution in [3.8, 4) is 0 Å². The van der Waals surface area contributed by atoms with Crippen LogP contribution in [0.4, 0.5) is 5.69 Å². The maximum Gasteiger partial charge on any atom is 0.310 e. The van der Waals surface area contributed by atoms with Crippen LogP contribution in [0.1, 0.15) is 31.4 Å². The molecule has 1 heterocycles. The Hall–Kier alpha value is -1.36. The van der Waals surface area contributed by atoms with E-state index in [9.17, 15) is 9.59 Å². The summed E-state index contributed by atoms with van der Waals surface area (Å²) in [4.78, 5) is 25.4. The number of hydrogen-bond acceptors (Lipinski definition) is 3. The Labute approximate surface area is 150 Å². The van der Waals surface area contributed by atoms with E-state index in [0.29, 0.717) is 0 Å². The average molecular weight is 392 g/mol. The van der Waals surface area contributed by atoms with Crippen LogP contribution in [-0.4, -0.2) is 22.8 Å². The van der Waals surface area contributed by atoms with Crippen LogP contribution in [0.3, 0.4) is 0 Å². The average Bonchev–Trinajstić information content (AvgIpc) is 3.19. The first-order valence-corrected chi connectivity index (χ1v) is 9.74. The zero-order chi connectivity index (χ0) is 17.0. The number of esters is 1. The van der Waals surface area contributed by atoms with Crippen molar-refractivity contribution in [1.82, 2.24) is 0 Å². The maximum atomic E-state index is 13.1. The summed E-state index contributed by atoms with van der Waals surface area (Å²) in [5.74, 6) is -0.350. The zero-order valence-electron chi connectivity index (χ0n) is 13.9. The molecular weight excluding hydrogens is 370 g/mol. The molecule has 1 saturated heterocycles. The van der Waals surface area contributed by atoms with Gasteiger partial charge in [-0.2, -0.15) is 0 Å². The Morgan fingerprint density at radius 2 is 1.92 bits per heavy atom. The first-order chi connectivity index (χ1) is 11.6. The lowest BCUT2D eigenvalue weighted by Crippen LogP contribution is -2.40. The minimum absolute atomic E-state index is 0.0233. The summed E-state index contributed by atoms with van der Waals surface area (Å²) in [5.41, 5.74) is 3.23. The Morgan fingerprint density at radius 3 is 2.54 bits per heavy atom. The summed E-state index contributed by atoms with van der Waals surface area (Å²) in [7, 11) is 0. The highest BCUT2D eigenvalue weighted by molar-refractivity contribution is 9.09. The molecule has 0 spiro atoms. The molecule has 4 rings (SSSR count). The lowest BCUT2D eigenvalue weighted by atomic mass is 9.79. The molecule has 0 radical (unpaired) electrons. The number of rotatable bonds is 4. The van der Waals surface area contributed by atoms with E-state index in [1.54, 1.807) is 0 Å². The van der Waals surface area contributed by atoms with E-state index >= 15 is 0 Å². The van der Waals surface area contributed by atoms with Crippen molar-refractivity contribution in [2.45, 2.75) is 44.0 Å². The second-order valence-corrected chi connectivity index (χ2v) is 8.17. The minimum atomic E-state index is -0.278. The summed E-state index contributed by atoms with van der Waals surface area (Å²) < 4.78 is 5.51. The molecule has 2 saturated carbocycles. The zero-order valence-corrected chi connectivity index (χ0v) is 15.5. The van der Waals surface area contributed by atoms with Gasteiger partial charge in [-0.3, -0.25) is 9.59 Å². The van der Waals surface area contributed by atoms with Crippen molar-refractivity contribution in [3.63, 3.8) is 0 Å². The van der Waals surface area contributed by atoms with Crippen LogP contribution in [0.5, 0.6) is 0 Å². The number of carbonyl (C=O) groups is 2. The van der Waals surface area contributed by atoms with Crippen LogP contribution in [0.2, 0.25) is 0 Å². The third-order valence-corrected chi connectivity index (χ3v) is 7.27. The molecule has 1 aromatic rings. The molecule has 4 nitrogen and oxygen atoms in total. The molecule has 0 aromatic heterocycles. The van der Waals surface area contributed by atoms with Gasteiger partial charge in [0.05, 0.1) is 16.7 Å². The van der Waals surface area contributed by atoms with E-state index in [2.05, 4.69) is 47.2 Å². The predicted octanol–water partition coefficient (Wildman–Crippen LogP) is 3.32. The van der Waals surface area contributed by atoms with Crippen LogP contribution < -0.4 is 5.32 Å². The Balaban J connectivity index is 1.63. The van der Waals surface area contributed by atoms with Gasteiger partial charge < -0.3 is 10.1 Å². The molecule has 1 aromatic carbocycles. The molecule has 1 N–H and O–H groups in total. The lowest BCUT2D eigenvalue weighted by molar-refractivity contribution is -0.145. The fourth-order valence-electron chi connectivity index (χ4n) is 4.94. The highest BCUT2D eigenvalue weighted by Gasteiger charge is 2.67. The summed E-state index contributed by atoms with van der Waals surface area (Å²) >= 11 is 3.67. The number of anilines is 1. The molecule has 6 atom stereocenters. The van der Waals surface area contributed by atoms with Crippen LogP contribution in [0, 0.1) is 23.7 Å². The van der Waals surface area contributed by atoms with E-state index < -0.39 is 0 Å². The van der Waals surface area contributed by atoms with E-state index in [1.165, 1.54) is 0 Å². The molecule has 128 valence electrons. The molecule has 2 aliphatic carbocycles. The highest BCUT2D eigenvalue weighted by atomic mass is 79.9. The van der Waals surface area contributed by atoms with Gasteiger partial charge in [-0.15, -0.1) is 0 Å². The van der Waals surface area contributed by atoms with Gasteiger partial charge in [0.2, 0.25) is 5.91 Å². The third-order valence-electron chi connectivity index (χ3n) is 6.07. The fraction of sp³-hybridized carbons (Fsp3) is 0.579. The molecule has 3 fully saturated rings. The van der Waals surface area contributed by atoms with Gasteiger partial charge in [0.25, 0.3) is 0 Å². The lowest BCUT2D eigenvalue weighted by Gasteiger charge is -2.28. The Bertz CT molecular complexity index is 682. The SMILES string of the molecule is CCc1cccc(CC)c1NC(=O)[C@@H]1[C@H]2C[C@H]3[C@H](OC(=O)[C@H]31)[C@H]2Br. The molecule has 5 heteroatoms. The van der Waals surface area contributed by atoms with Crippen LogP contribution in [0.15, 0.2) is 18.2 Å². The predicted molar refractivity (Wildman–Crippen MR) is 95.0 cm³/mol. The van der Waals surface area contributed by atoms with Gasteiger partial charge in [0.15, 0.2) is 0 Å². The number of nitrogens with one attached hydrogen (secondary N) is 1. The van der Waals surface area contributed by atoms with E-state index in [1.807, 2.05) is 6.07 Å². The number of carbonyl (C=O) groups excluding carboxylic acids is 2. The standard InChI is InChI=1S/C19H22BrNO3/c1-3-9-6-5-7-10(4-2)16(9)21-18(22)13-11-8-12-14(13)19(23)24-17(12)15(11)20/h5-7,11-15,17H,3-4,8H2,1-2H3,(H,21,22)/t11-,12-,13-,14-,15+,17+/m1/s1. The third kappa shape index (κ3) is 2.17. The van der Waals surface area contributed by atoms with Gasteiger partial charge in [-0.05, 0) is 36.3 Å². The number of halogens is 1. The number of ether oxygens (including phenoxy) is 1. The van der Waals surface area contributed by atoms with Crippen molar-refractivity contribution >= 4 is 33.5 Å². The minimum Gasteiger partial charge on any atom is -0.461 e. The molecule has 2 bridgehead atoms. The number of alkyl halides is 1. The highest BCUT2D eigenvalue weighted by Crippen LogP contribution is 2.60. The Kier molecular flexibility index (Phi) is 3.94. The van der Waals surface area contributed by atoms with Crippen molar-refractivity contribution in [3.05, 3.63) is 29.3 Å². The van der Waals surface area contributed by atoms with Gasteiger partial charge in [0, 0.05) is 11.6 Å².